The Kier molecular flexibility index (Phi) is 4.16. The van der Waals surface area contributed by atoms with Gasteiger partial charge in [-0.15, -0.1) is 17.3 Å². The number of allylic oxidation sites excluding steroid dienone is 1. The third-order valence-corrected chi connectivity index (χ3v) is 2.19. The lowest BCUT2D eigenvalue weighted by Gasteiger charge is -1.74. The fourth-order valence-corrected chi connectivity index (χ4v) is 1.54. The Hall–Kier alpha value is -1.88. The van der Waals surface area contributed by atoms with Crippen molar-refractivity contribution in [3.8, 4) is 35.5 Å². The minimum atomic E-state index is 0.987. The second kappa shape index (κ2) is 5.71. The first-order valence-electron chi connectivity index (χ1n) is 4.02. The number of rotatable bonds is 0. The van der Waals surface area contributed by atoms with Gasteiger partial charge in [0.25, 0.3) is 0 Å². The quantitative estimate of drug-likeness (QED) is 0.560. The van der Waals surface area contributed by atoms with Crippen LogP contribution >= 0.6 is 11.3 Å². The molecule has 0 bridgehead atoms. The van der Waals surface area contributed by atoms with E-state index >= 15 is 0 Å². The van der Waals surface area contributed by atoms with Crippen molar-refractivity contribution in [2.75, 3.05) is 0 Å². The normalized spacial score (nSPS) is 6.93. The Morgan fingerprint density at radius 1 is 1.21 bits per heavy atom. The summed E-state index contributed by atoms with van der Waals surface area (Å²) in [4.78, 5) is 2.02. The Bertz CT molecular complexity index is 498. The summed E-state index contributed by atoms with van der Waals surface area (Å²) in [6.07, 6.45) is 1.52. The maximum Gasteiger partial charge on any atom is 0.0792 e. The van der Waals surface area contributed by atoms with Crippen molar-refractivity contribution in [3.05, 3.63) is 34.5 Å². The molecule has 0 atom stereocenters. The lowest BCUT2D eigenvalue weighted by Crippen LogP contribution is -1.58. The van der Waals surface area contributed by atoms with Crippen LogP contribution in [0.5, 0.6) is 0 Å². The predicted molar refractivity (Wildman–Crippen MR) is 61.7 cm³/mol. The molecule has 66 valence electrons. The van der Waals surface area contributed by atoms with E-state index < -0.39 is 0 Å². The summed E-state index contributed by atoms with van der Waals surface area (Å²) in [5.74, 6) is 16.8. The van der Waals surface area contributed by atoms with Gasteiger partial charge in [-0.1, -0.05) is 18.4 Å². The van der Waals surface area contributed by atoms with E-state index in [1.807, 2.05) is 19.1 Å². The fourth-order valence-electron chi connectivity index (χ4n) is 0.775. The van der Waals surface area contributed by atoms with Crippen LogP contribution in [0.25, 0.3) is 0 Å². The molecule has 0 amide bonds. The molecule has 0 saturated carbocycles. The van der Waals surface area contributed by atoms with E-state index in [1.54, 1.807) is 11.3 Å². The standard InChI is InChI=1S/C13H8S/c1-3-5-6-7-9-13-11-10-12(14-13)8-4-2/h3,10-11H,1H2,2H3. The molecule has 0 N–H and O–H groups in total. The molecular weight excluding hydrogens is 188 g/mol. The molecule has 0 fully saturated rings. The maximum absolute atomic E-state index is 3.48. The predicted octanol–water partition coefficient (Wildman–Crippen LogP) is 2.66. The minimum Gasteiger partial charge on any atom is -0.118 e. The average molecular weight is 196 g/mol. The van der Waals surface area contributed by atoms with Gasteiger partial charge in [0.05, 0.1) is 9.75 Å². The van der Waals surface area contributed by atoms with Gasteiger partial charge < -0.3 is 0 Å². The highest BCUT2D eigenvalue weighted by atomic mass is 32.1. The topological polar surface area (TPSA) is 0 Å². The van der Waals surface area contributed by atoms with Gasteiger partial charge >= 0.3 is 0 Å². The first-order chi connectivity index (χ1) is 6.86. The summed E-state index contributed by atoms with van der Waals surface area (Å²) >= 11 is 1.57. The summed E-state index contributed by atoms with van der Waals surface area (Å²) < 4.78 is 0. The van der Waals surface area contributed by atoms with Gasteiger partial charge in [0, 0.05) is 0 Å². The zero-order chi connectivity index (χ0) is 10.2. The van der Waals surface area contributed by atoms with Crippen molar-refractivity contribution in [2.45, 2.75) is 6.92 Å². The van der Waals surface area contributed by atoms with Crippen molar-refractivity contribution in [3.63, 3.8) is 0 Å². The molecule has 1 aromatic rings. The largest absolute Gasteiger partial charge is 0.118 e. The molecule has 0 aromatic carbocycles. The van der Waals surface area contributed by atoms with E-state index in [0.29, 0.717) is 0 Å². The molecule has 0 aliphatic rings. The molecule has 1 heterocycles. The molecule has 1 aromatic heterocycles. The first-order valence-corrected chi connectivity index (χ1v) is 4.83. The van der Waals surface area contributed by atoms with Gasteiger partial charge in [0.1, 0.15) is 0 Å². The summed E-state index contributed by atoms with van der Waals surface area (Å²) in [5, 5.41) is 0. The molecule has 0 spiro atoms. The van der Waals surface area contributed by atoms with Crippen LogP contribution in [0.15, 0.2) is 24.8 Å². The zero-order valence-electron chi connectivity index (χ0n) is 7.85. The summed E-state index contributed by atoms with van der Waals surface area (Å²) in [6, 6.07) is 3.92. The Labute approximate surface area is 88.7 Å². The fraction of sp³-hybridized carbons (Fsp3) is 0.0769. The monoisotopic (exact) mass is 196 g/mol. The highest BCUT2D eigenvalue weighted by molar-refractivity contribution is 7.13. The van der Waals surface area contributed by atoms with Crippen LogP contribution in [-0.4, -0.2) is 0 Å². The molecule has 0 aliphatic heterocycles. The highest BCUT2D eigenvalue weighted by Crippen LogP contribution is 2.13. The van der Waals surface area contributed by atoms with Crippen LogP contribution in [0.2, 0.25) is 0 Å². The highest BCUT2D eigenvalue weighted by Gasteiger charge is 1.91. The molecular formula is C13H8S. The van der Waals surface area contributed by atoms with Crippen LogP contribution in [0.4, 0.5) is 0 Å². The third-order valence-electron chi connectivity index (χ3n) is 1.28. The summed E-state index contributed by atoms with van der Waals surface area (Å²) in [5.41, 5.74) is 0. The smallest absolute Gasteiger partial charge is 0.0792 e. The molecule has 1 heteroatoms. The van der Waals surface area contributed by atoms with Crippen molar-refractivity contribution in [1.82, 2.24) is 0 Å². The van der Waals surface area contributed by atoms with Gasteiger partial charge in [0.2, 0.25) is 0 Å². The second-order valence-corrected chi connectivity index (χ2v) is 3.35. The summed E-state index contributed by atoms with van der Waals surface area (Å²) in [6.45, 7) is 5.30. The Morgan fingerprint density at radius 2 is 1.93 bits per heavy atom. The van der Waals surface area contributed by atoms with E-state index in [9.17, 15) is 0 Å². The molecule has 0 unspecified atom stereocenters. The van der Waals surface area contributed by atoms with Crippen molar-refractivity contribution in [1.29, 1.82) is 0 Å². The van der Waals surface area contributed by atoms with Gasteiger partial charge in [-0.05, 0) is 42.9 Å². The molecule has 0 nitrogen and oxygen atoms in total. The number of hydrogen-bond donors (Lipinski definition) is 0. The van der Waals surface area contributed by atoms with Crippen LogP contribution in [0.1, 0.15) is 16.7 Å². The number of thiophene rings is 1. The van der Waals surface area contributed by atoms with E-state index in [1.165, 1.54) is 6.08 Å². The van der Waals surface area contributed by atoms with Crippen LogP contribution < -0.4 is 0 Å². The van der Waals surface area contributed by atoms with Crippen LogP contribution in [0.3, 0.4) is 0 Å². The van der Waals surface area contributed by atoms with Gasteiger partial charge in [-0.3, -0.25) is 0 Å². The average Bonchev–Trinajstić information content (AvgIpc) is 2.61. The van der Waals surface area contributed by atoms with E-state index in [2.05, 4.69) is 42.1 Å². The minimum absolute atomic E-state index is 0.987. The van der Waals surface area contributed by atoms with E-state index in [0.717, 1.165) is 9.75 Å². The van der Waals surface area contributed by atoms with Gasteiger partial charge in [0.15, 0.2) is 0 Å². The Balaban J connectivity index is 2.79. The number of hydrogen-bond acceptors (Lipinski definition) is 1. The molecule has 14 heavy (non-hydrogen) atoms. The van der Waals surface area contributed by atoms with Crippen molar-refractivity contribution in [2.24, 2.45) is 0 Å². The molecule has 0 aliphatic carbocycles. The lowest BCUT2D eigenvalue weighted by atomic mass is 10.4. The second-order valence-electron chi connectivity index (χ2n) is 2.26. The maximum atomic E-state index is 3.48. The van der Waals surface area contributed by atoms with Crippen LogP contribution in [-0.2, 0) is 0 Å². The zero-order valence-corrected chi connectivity index (χ0v) is 8.66. The van der Waals surface area contributed by atoms with Crippen LogP contribution in [0, 0.1) is 35.5 Å². The lowest BCUT2D eigenvalue weighted by molar-refractivity contribution is 1.86. The van der Waals surface area contributed by atoms with Crippen molar-refractivity contribution < 1.29 is 0 Å². The van der Waals surface area contributed by atoms with Gasteiger partial charge in [-0.25, -0.2) is 0 Å². The SMILES string of the molecule is C=CC#CC#Cc1ccc(C#CC)s1. The van der Waals surface area contributed by atoms with Gasteiger partial charge in [-0.2, -0.15) is 0 Å². The Morgan fingerprint density at radius 3 is 2.57 bits per heavy atom. The molecule has 0 saturated heterocycles. The van der Waals surface area contributed by atoms with E-state index in [4.69, 9.17) is 0 Å². The van der Waals surface area contributed by atoms with Crippen molar-refractivity contribution >= 4 is 11.3 Å². The first kappa shape index (κ1) is 10.2. The third kappa shape index (κ3) is 3.24. The van der Waals surface area contributed by atoms with E-state index in [-0.39, 0.29) is 0 Å². The molecule has 1 rings (SSSR count). The molecule has 0 radical (unpaired) electrons. The summed E-state index contributed by atoms with van der Waals surface area (Å²) in [7, 11) is 0.